The minimum absolute atomic E-state index is 0.196. The molecule has 3 nitrogen and oxygen atoms in total. The maximum absolute atomic E-state index is 13.5. The predicted molar refractivity (Wildman–Crippen MR) is 77.6 cm³/mol. The lowest BCUT2D eigenvalue weighted by Crippen LogP contribution is -2.35. The minimum Gasteiger partial charge on any atom is -0.308 e. The second-order valence-corrected chi connectivity index (χ2v) is 5.03. The average Bonchev–Trinajstić information content (AvgIpc) is 2.53. The zero-order valence-electron chi connectivity index (χ0n) is 11.3. The Morgan fingerprint density at radius 1 is 1.24 bits per heavy atom. The van der Waals surface area contributed by atoms with Gasteiger partial charge in [-0.1, -0.05) is 12.1 Å². The minimum atomic E-state index is -0.348. The lowest BCUT2D eigenvalue weighted by molar-refractivity contribution is 0.0985. The summed E-state index contributed by atoms with van der Waals surface area (Å²) in [5, 5.41) is 8.92. The smallest absolute Gasteiger partial charge is 0.258 e. The van der Waals surface area contributed by atoms with Crippen LogP contribution in [0.15, 0.2) is 42.5 Å². The van der Waals surface area contributed by atoms with E-state index in [0.29, 0.717) is 23.4 Å². The second-order valence-electron chi connectivity index (χ2n) is 5.03. The van der Waals surface area contributed by atoms with Crippen molar-refractivity contribution in [3.63, 3.8) is 0 Å². The van der Waals surface area contributed by atoms with Crippen LogP contribution in [0.3, 0.4) is 0 Å². The summed E-state index contributed by atoms with van der Waals surface area (Å²) in [6.45, 7) is 0.562. The van der Waals surface area contributed by atoms with Gasteiger partial charge in [0, 0.05) is 12.1 Å². The molecule has 0 saturated heterocycles. The van der Waals surface area contributed by atoms with Crippen LogP contribution in [0.2, 0.25) is 0 Å². The number of rotatable bonds is 1. The first kappa shape index (κ1) is 13.3. The van der Waals surface area contributed by atoms with E-state index in [1.165, 1.54) is 12.1 Å². The number of halogens is 1. The molecule has 0 N–H and O–H groups in total. The first-order valence-corrected chi connectivity index (χ1v) is 6.79. The van der Waals surface area contributed by atoms with Crippen molar-refractivity contribution in [2.24, 2.45) is 0 Å². The van der Waals surface area contributed by atoms with Gasteiger partial charge in [-0.05, 0) is 48.7 Å². The molecule has 0 atom stereocenters. The standard InChI is InChI=1S/C17H13FN2O/c18-15-7-6-13-5-2-8-20(16(13)10-15)17(21)14-4-1-3-12(9-14)11-19/h1,3-4,6-7,9-10H,2,5,8H2. The van der Waals surface area contributed by atoms with E-state index >= 15 is 0 Å². The van der Waals surface area contributed by atoms with Crippen LogP contribution in [0.5, 0.6) is 0 Å². The third-order valence-corrected chi connectivity index (χ3v) is 3.65. The van der Waals surface area contributed by atoms with Gasteiger partial charge < -0.3 is 4.90 Å². The Hall–Kier alpha value is -2.67. The SMILES string of the molecule is N#Cc1cccc(C(=O)N2CCCc3ccc(F)cc32)c1. The summed E-state index contributed by atoms with van der Waals surface area (Å²) in [4.78, 5) is 14.2. The Balaban J connectivity index is 2.00. The van der Waals surface area contributed by atoms with Gasteiger partial charge in [-0.25, -0.2) is 4.39 Å². The molecule has 0 fully saturated rings. The Bertz CT molecular complexity index is 749. The summed E-state index contributed by atoms with van der Waals surface area (Å²) < 4.78 is 13.5. The van der Waals surface area contributed by atoms with Crippen molar-refractivity contribution in [2.45, 2.75) is 12.8 Å². The molecule has 104 valence electrons. The number of aryl methyl sites for hydroxylation is 1. The molecule has 1 heterocycles. The number of carbonyl (C=O) groups excluding carboxylic acids is 1. The van der Waals surface area contributed by atoms with E-state index in [0.717, 1.165) is 18.4 Å². The van der Waals surface area contributed by atoms with E-state index in [-0.39, 0.29) is 11.7 Å². The van der Waals surface area contributed by atoms with Crippen LogP contribution in [0.4, 0.5) is 10.1 Å². The maximum Gasteiger partial charge on any atom is 0.258 e. The van der Waals surface area contributed by atoms with Gasteiger partial charge in [0.05, 0.1) is 17.3 Å². The van der Waals surface area contributed by atoms with E-state index < -0.39 is 0 Å². The molecule has 21 heavy (non-hydrogen) atoms. The number of carbonyl (C=O) groups is 1. The van der Waals surface area contributed by atoms with Gasteiger partial charge in [0.15, 0.2) is 0 Å². The largest absolute Gasteiger partial charge is 0.308 e. The van der Waals surface area contributed by atoms with Crippen molar-refractivity contribution in [3.05, 3.63) is 65.0 Å². The van der Waals surface area contributed by atoms with E-state index in [1.54, 1.807) is 35.2 Å². The van der Waals surface area contributed by atoms with Crippen molar-refractivity contribution in [2.75, 3.05) is 11.4 Å². The molecule has 0 unspecified atom stereocenters. The number of fused-ring (bicyclic) bond motifs is 1. The zero-order chi connectivity index (χ0) is 14.8. The summed E-state index contributed by atoms with van der Waals surface area (Å²) >= 11 is 0. The van der Waals surface area contributed by atoms with Gasteiger partial charge in [0.25, 0.3) is 5.91 Å². The van der Waals surface area contributed by atoms with Crippen LogP contribution in [-0.2, 0) is 6.42 Å². The summed E-state index contributed by atoms with van der Waals surface area (Å²) in [5.41, 5.74) is 2.50. The Labute approximate surface area is 122 Å². The summed E-state index contributed by atoms with van der Waals surface area (Å²) in [6.07, 6.45) is 1.69. The molecule has 3 rings (SSSR count). The van der Waals surface area contributed by atoms with Gasteiger partial charge in [-0.3, -0.25) is 4.79 Å². The number of nitrogens with zero attached hydrogens (tertiary/aromatic N) is 2. The van der Waals surface area contributed by atoms with Gasteiger partial charge in [-0.2, -0.15) is 5.26 Å². The Kier molecular flexibility index (Phi) is 3.41. The number of nitriles is 1. The van der Waals surface area contributed by atoms with Crippen molar-refractivity contribution in [1.29, 1.82) is 5.26 Å². The quantitative estimate of drug-likeness (QED) is 0.804. The van der Waals surface area contributed by atoms with E-state index in [4.69, 9.17) is 5.26 Å². The Morgan fingerprint density at radius 2 is 2.10 bits per heavy atom. The van der Waals surface area contributed by atoms with Gasteiger partial charge >= 0.3 is 0 Å². The molecule has 1 amide bonds. The third-order valence-electron chi connectivity index (χ3n) is 3.65. The van der Waals surface area contributed by atoms with Crippen molar-refractivity contribution in [3.8, 4) is 6.07 Å². The molecule has 1 aliphatic rings. The topological polar surface area (TPSA) is 44.1 Å². The average molecular weight is 280 g/mol. The Morgan fingerprint density at radius 3 is 2.90 bits per heavy atom. The molecular formula is C17H13FN2O. The molecule has 0 spiro atoms. The molecule has 2 aromatic carbocycles. The number of benzene rings is 2. The second kappa shape index (κ2) is 5.37. The number of amides is 1. The molecule has 0 radical (unpaired) electrons. The van der Waals surface area contributed by atoms with Crippen molar-refractivity contribution >= 4 is 11.6 Å². The molecule has 2 aromatic rings. The summed E-state index contributed by atoms with van der Waals surface area (Å²) in [5.74, 6) is -0.544. The summed E-state index contributed by atoms with van der Waals surface area (Å²) in [7, 11) is 0. The van der Waals surface area contributed by atoms with Crippen LogP contribution in [-0.4, -0.2) is 12.5 Å². The molecule has 0 aliphatic carbocycles. The first-order chi connectivity index (χ1) is 10.2. The highest BCUT2D eigenvalue weighted by molar-refractivity contribution is 6.06. The number of hydrogen-bond acceptors (Lipinski definition) is 2. The van der Waals surface area contributed by atoms with Crippen molar-refractivity contribution in [1.82, 2.24) is 0 Å². The van der Waals surface area contributed by atoms with Crippen LogP contribution in [0, 0.1) is 17.1 Å². The van der Waals surface area contributed by atoms with E-state index in [9.17, 15) is 9.18 Å². The normalized spacial score (nSPS) is 13.4. The van der Waals surface area contributed by atoms with E-state index in [2.05, 4.69) is 0 Å². The third kappa shape index (κ3) is 2.50. The molecule has 4 heteroatoms. The number of anilines is 1. The van der Waals surface area contributed by atoms with Gasteiger partial charge in [-0.15, -0.1) is 0 Å². The predicted octanol–water partition coefficient (Wildman–Crippen LogP) is 3.29. The fourth-order valence-corrected chi connectivity index (χ4v) is 2.64. The fraction of sp³-hybridized carbons (Fsp3) is 0.176. The monoisotopic (exact) mass is 280 g/mol. The van der Waals surface area contributed by atoms with E-state index in [1.807, 2.05) is 6.07 Å². The molecule has 0 aromatic heterocycles. The lowest BCUT2D eigenvalue weighted by Gasteiger charge is -2.29. The highest BCUT2D eigenvalue weighted by Crippen LogP contribution is 2.29. The molecule has 0 saturated carbocycles. The van der Waals surface area contributed by atoms with Gasteiger partial charge in [0.2, 0.25) is 0 Å². The first-order valence-electron chi connectivity index (χ1n) is 6.79. The summed E-state index contributed by atoms with van der Waals surface area (Å²) in [6, 6.07) is 13.2. The zero-order valence-corrected chi connectivity index (χ0v) is 11.3. The van der Waals surface area contributed by atoms with Gasteiger partial charge in [0.1, 0.15) is 5.82 Å². The lowest BCUT2D eigenvalue weighted by atomic mass is 10.0. The maximum atomic E-state index is 13.5. The molecular weight excluding hydrogens is 267 g/mol. The highest BCUT2D eigenvalue weighted by atomic mass is 19.1. The van der Waals surface area contributed by atoms with Crippen molar-refractivity contribution < 1.29 is 9.18 Å². The van der Waals surface area contributed by atoms with Crippen LogP contribution < -0.4 is 4.90 Å². The molecule has 1 aliphatic heterocycles. The number of hydrogen-bond donors (Lipinski definition) is 0. The van der Waals surface area contributed by atoms with Crippen LogP contribution in [0.1, 0.15) is 27.9 Å². The highest BCUT2D eigenvalue weighted by Gasteiger charge is 2.24. The molecule has 0 bridgehead atoms. The van der Waals surface area contributed by atoms with Crippen LogP contribution in [0.25, 0.3) is 0 Å². The fourth-order valence-electron chi connectivity index (χ4n) is 2.64. The van der Waals surface area contributed by atoms with Crippen LogP contribution >= 0.6 is 0 Å².